The highest BCUT2D eigenvalue weighted by molar-refractivity contribution is 5.86. The van der Waals surface area contributed by atoms with Crippen LogP contribution in [-0.4, -0.2) is 41.9 Å². The van der Waals surface area contributed by atoms with Crippen LogP contribution < -0.4 is 11.1 Å². The van der Waals surface area contributed by atoms with Gasteiger partial charge in [-0.1, -0.05) is 13.3 Å². The van der Waals surface area contributed by atoms with E-state index >= 15 is 0 Å². The van der Waals surface area contributed by atoms with Crippen molar-refractivity contribution in [1.82, 2.24) is 10.2 Å². The number of likely N-dealkylation sites (tertiary alicyclic amines) is 1. The van der Waals surface area contributed by atoms with Crippen molar-refractivity contribution >= 4 is 11.8 Å². The fourth-order valence-electron chi connectivity index (χ4n) is 2.32. The predicted molar refractivity (Wildman–Crippen MR) is 75.5 cm³/mol. The van der Waals surface area contributed by atoms with E-state index < -0.39 is 5.54 Å². The molecule has 1 aliphatic heterocycles. The second kappa shape index (κ2) is 6.89. The quantitative estimate of drug-likeness (QED) is 0.727. The minimum Gasteiger partial charge on any atom is -0.356 e. The summed E-state index contributed by atoms with van der Waals surface area (Å²) in [5.41, 5.74) is 4.98. The van der Waals surface area contributed by atoms with Crippen LogP contribution in [0.1, 0.15) is 46.5 Å². The molecule has 0 aromatic heterocycles. The van der Waals surface area contributed by atoms with Crippen molar-refractivity contribution in [2.75, 3.05) is 19.6 Å². The van der Waals surface area contributed by atoms with Crippen LogP contribution in [0, 0.1) is 5.92 Å². The number of nitrogens with one attached hydrogen (secondary N) is 1. The van der Waals surface area contributed by atoms with E-state index in [2.05, 4.69) is 12.2 Å². The van der Waals surface area contributed by atoms with Gasteiger partial charge in [0.1, 0.15) is 0 Å². The fourth-order valence-corrected chi connectivity index (χ4v) is 2.32. The zero-order chi connectivity index (χ0) is 14.5. The summed E-state index contributed by atoms with van der Waals surface area (Å²) in [5.74, 6) is -0.0868. The third-order valence-electron chi connectivity index (χ3n) is 3.46. The summed E-state index contributed by atoms with van der Waals surface area (Å²) in [6.07, 6.45) is 3.79. The average molecular weight is 269 g/mol. The molecule has 1 saturated heterocycles. The zero-order valence-electron chi connectivity index (χ0n) is 12.4. The maximum absolute atomic E-state index is 12.1. The summed E-state index contributed by atoms with van der Waals surface area (Å²) in [4.78, 5) is 25.9. The molecule has 0 spiro atoms. The lowest BCUT2D eigenvalue weighted by Crippen LogP contribution is -2.55. The molecule has 0 radical (unpaired) electrons. The van der Waals surface area contributed by atoms with Gasteiger partial charge in [0, 0.05) is 19.6 Å². The molecule has 0 aliphatic carbocycles. The van der Waals surface area contributed by atoms with Crippen LogP contribution in [0.4, 0.5) is 0 Å². The summed E-state index contributed by atoms with van der Waals surface area (Å²) in [5, 5.41) is 2.94. The molecule has 1 atom stereocenters. The normalized spacial score (nSPS) is 20.2. The van der Waals surface area contributed by atoms with Gasteiger partial charge in [-0.25, -0.2) is 0 Å². The molecule has 19 heavy (non-hydrogen) atoms. The van der Waals surface area contributed by atoms with Crippen LogP contribution in [0.15, 0.2) is 0 Å². The van der Waals surface area contributed by atoms with Gasteiger partial charge in [-0.3, -0.25) is 9.59 Å². The van der Waals surface area contributed by atoms with Gasteiger partial charge in [0.25, 0.3) is 0 Å². The molecule has 0 bridgehead atoms. The Morgan fingerprint density at radius 3 is 2.68 bits per heavy atom. The largest absolute Gasteiger partial charge is 0.356 e. The third kappa shape index (κ3) is 4.82. The lowest BCUT2D eigenvalue weighted by atomic mass is 9.95. The lowest BCUT2D eigenvalue weighted by molar-refractivity contribution is -0.139. The molecule has 110 valence electrons. The molecule has 1 unspecified atom stereocenters. The molecule has 0 aromatic rings. The van der Waals surface area contributed by atoms with Crippen LogP contribution in [0.25, 0.3) is 0 Å². The lowest BCUT2D eigenvalue weighted by Gasteiger charge is -2.35. The van der Waals surface area contributed by atoms with Crippen LogP contribution in [0.3, 0.4) is 0 Å². The third-order valence-corrected chi connectivity index (χ3v) is 3.46. The van der Waals surface area contributed by atoms with Gasteiger partial charge in [-0.2, -0.15) is 0 Å². The number of unbranched alkanes of at least 4 members (excludes halogenated alkanes) is 1. The van der Waals surface area contributed by atoms with Gasteiger partial charge in [0.05, 0.1) is 11.5 Å². The van der Waals surface area contributed by atoms with Crippen molar-refractivity contribution in [1.29, 1.82) is 0 Å². The second-order valence-electron chi connectivity index (χ2n) is 5.96. The Labute approximate surface area is 115 Å². The molecule has 1 fully saturated rings. The van der Waals surface area contributed by atoms with E-state index in [-0.39, 0.29) is 17.7 Å². The number of amides is 2. The molecule has 1 heterocycles. The van der Waals surface area contributed by atoms with Crippen LogP contribution >= 0.6 is 0 Å². The summed E-state index contributed by atoms with van der Waals surface area (Å²) in [6.45, 7) is 7.44. The Balaban J connectivity index is 2.50. The first kappa shape index (κ1) is 16.0. The number of nitrogens with zero attached hydrogens (tertiary/aromatic N) is 1. The van der Waals surface area contributed by atoms with E-state index in [1.807, 2.05) is 0 Å². The highest BCUT2D eigenvalue weighted by atomic mass is 16.2. The number of hydrogen-bond donors (Lipinski definition) is 2. The van der Waals surface area contributed by atoms with E-state index in [1.54, 1.807) is 18.7 Å². The van der Waals surface area contributed by atoms with Crippen molar-refractivity contribution in [3.05, 3.63) is 0 Å². The van der Waals surface area contributed by atoms with E-state index in [4.69, 9.17) is 5.73 Å². The minimum atomic E-state index is -0.861. The summed E-state index contributed by atoms with van der Waals surface area (Å²) in [7, 11) is 0. The SMILES string of the molecule is CCCCNC(=O)C1CCCN(C(=O)C(C)(C)N)C1. The first-order valence-electron chi connectivity index (χ1n) is 7.22. The van der Waals surface area contributed by atoms with Crippen LogP contribution in [0.2, 0.25) is 0 Å². The summed E-state index contributed by atoms with van der Waals surface area (Å²) < 4.78 is 0. The summed E-state index contributed by atoms with van der Waals surface area (Å²) in [6, 6.07) is 0. The first-order chi connectivity index (χ1) is 8.86. The average Bonchev–Trinajstić information content (AvgIpc) is 2.37. The van der Waals surface area contributed by atoms with E-state index in [0.29, 0.717) is 13.1 Å². The highest BCUT2D eigenvalue weighted by Gasteiger charge is 2.33. The van der Waals surface area contributed by atoms with E-state index in [9.17, 15) is 9.59 Å². The van der Waals surface area contributed by atoms with Crippen molar-refractivity contribution in [3.63, 3.8) is 0 Å². The van der Waals surface area contributed by atoms with Gasteiger partial charge >= 0.3 is 0 Å². The monoisotopic (exact) mass is 269 g/mol. The topological polar surface area (TPSA) is 75.4 Å². The molecule has 1 aliphatic rings. The number of rotatable bonds is 5. The maximum Gasteiger partial charge on any atom is 0.242 e. The molecular weight excluding hydrogens is 242 g/mol. The molecular formula is C14H27N3O2. The van der Waals surface area contributed by atoms with Crippen molar-refractivity contribution in [3.8, 4) is 0 Å². The molecule has 0 saturated carbocycles. The summed E-state index contributed by atoms with van der Waals surface area (Å²) >= 11 is 0. The van der Waals surface area contributed by atoms with Gasteiger partial charge in [-0.15, -0.1) is 0 Å². The first-order valence-corrected chi connectivity index (χ1v) is 7.22. The van der Waals surface area contributed by atoms with Gasteiger partial charge in [-0.05, 0) is 33.1 Å². The van der Waals surface area contributed by atoms with Crippen LogP contribution in [-0.2, 0) is 9.59 Å². The van der Waals surface area contributed by atoms with Crippen molar-refractivity contribution in [2.45, 2.75) is 52.0 Å². The second-order valence-corrected chi connectivity index (χ2v) is 5.96. The van der Waals surface area contributed by atoms with Crippen molar-refractivity contribution < 1.29 is 9.59 Å². The minimum absolute atomic E-state index is 0.0702. The predicted octanol–water partition coefficient (Wildman–Crippen LogP) is 0.879. The van der Waals surface area contributed by atoms with Crippen molar-refractivity contribution in [2.24, 2.45) is 11.7 Å². The Morgan fingerprint density at radius 2 is 2.11 bits per heavy atom. The van der Waals surface area contributed by atoms with E-state index in [1.165, 1.54) is 0 Å². The smallest absolute Gasteiger partial charge is 0.242 e. The number of nitrogens with two attached hydrogens (primary N) is 1. The fraction of sp³-hybridized carbons (Fsp3) is 0.857. The number of hydrogen-bond acceptors (Lipinski definition) is 3. The van der Waals surface area contributed by atoms with Gasteiger partial charge < -0.3 is 16.0 Å². The Morgan fingerprint density at radius 1 is 1.42 bits per heavy atom. The maximum atomic E-state index is 12.1. The van der Waals surface area contributed by atoms with Gasteiger partial charge in [0.2, 0.25) is 11.8 Å². The van der Waals surface area contributed by atoms with E-state index in [0.717, 1.165) is 32.2 Å². The standard InChI is InChI=1S/C14H27N3O2/c1-4-5-8-16-12(18)11-7-6-9-17(10-11)13(19)14(2,3)15/h11H,4-10,15H2,1-3H3,(H,16,18). The molecule has 0 aromatic carbocycles. The number of piperidine rings is 1. The van der Waals surface area contributed by atoms with Gasteiger partial charge in [0.15, 0.2) is 0 Å². The molecule has 5 heteroatoms. The highest BCUT2D eigenvalue weighted by Crippen LogP contribution is 2.19. The number of carbonyl (C=O) groups is 2. The Kier molecular flexibility index (Phi) is 5.79. The molecule has 1 rings (SSSR count). The molecule has 5 nitrogen and oxygen atoms in total. The Bertz CT molecular complexity index is 323. The Hall–Kier alpha value is -1.10. The zero-order valence-corrected chi connectivity index (χ0v) is 12.4. The molecule has 2 amide bonds. The van der Waals surface area contributed by atoms with Crippen LogP contribution in [0.5, 0.6) is 0 Å². The molecule has 3 N–H and O–H groups in total. The number of carbonyl (C=O) groups excluding carboxylic acids is 2.